The molecule has 1 heterocycles. The third-order valence-electron chi connectivity index (χ3n) is 3.19. The van der Waals surface area contributed by atoms with Crippen molar-refractivity contribution in [2.45, 2.75) is 26.3 Å². The van der Waals surface area contributed by atoms with Crippen molar-refractivity contribution in [3.63, 3.8) is 0 Å². The number of pyridine rings is 1. The van der Waals surface area contributed by atoms with Crippen LogP contribution in [0.25, 0.3) is 0 Å². The normalized spacial score (nSPS) is 11.1. The molecule has 6 heteroatoms. The second-order valence-electron chi connectivity index (χ2n) is 5.21. The van der Waals surface area contributed by atoms with Crippen LogP contribution in [0.2, 0.25) is 0 Å². The number of carboxylic acids is 1. The molecular formula is C14H21N3O3. The monoisotopic (exact) mass is 279 g/mol. The quantitative estimate of drug-likeness (QED) is 0.883. The summed E-state index contributed by atoms with van der Waals surface area (Å²) in [5, 5.41) is 9.34. The highest BCUT2D eigenvalue weighted by atomic mass is 16.4. The van der Waals surface area contributed by atoms with Crippen LogP contribution in [0.3, 0.4) is 0 Å². The molecule has 0 radical (unpaired) electrons. The molecule has 6 nitrogen and oxygen atoms in total. The number of rotatable bonds is 5. The van der Waals surface area contributed by atoms with E-state index in [2.05, 4.69) is 4.98 Å². The number of likely N-dealkylation sites (N-methyl/N-ethyl adjacent to an activating group) is 1. The van der Waals surface area contributed by atoms with Crippen molar-refractivity contribution in [1.29, 1.82) is 0 Å². The summed E-state index contributed by atoms with van der Waals surface area (Å²) in [4.78, 5) is 30.5. The minimum absolute atomic E-state index is 0.212. The van der Waals surface area contributed by atoms with E-state index in [1.165, 1.54) is 11.1 Å². The fourth-order valence-electron chi connectivity index (χ4n) is 1.95. The smallest absolute Gasteiger partial charge is 0.328 e. The summed E-state index contributed by atoms with van der Waals surface area (Å²) in [5.41, 5.74) is -0.0959. The lowest BCUT2D eigenvalue weighted by molar-refractivity contribution is -0.142. The van der Waals surface area contributed by atoms with E-state index in [0.29, 0.717) is 17.9 Å². The lowest BCUT2D eigenvalue weighted by atomic mass is 10.0. The zero-order valence-corrected chi connectivity index (χ0v) is 12.5. The van der Waals surface area contributed by atoms with Gasteiger partial charge in [0, 0.05) is 32.5 Å². The number of anilines is 1. The SMILES string of the molecule is CCN(c1ccnc(C(=O)N(C)C)c1)C(C)(C)C(=O)O. The second-order valence-corrected chi connectivity index (χ2v) is 5.21. The second kappa shape index (κ2) is 5.90. The number of amides is 1. The average Bonchev–Trinajstić information content (AvgIpc) is 2.38. The van der Waals surface area contributed by atoms with Crippen molar-refractivity contribution >= 4 is 17.6 Å². The van der Waals surface area contributed by atoms with E-state index in [-0.39, 0.29) is 5.91 Å². The van der Waals surface area contributed by atoms with E-state index < -0.39 is 11.5 Å². The van der Waals surface area contributed by atoms with Gasteiger partial charge in [-0.25, -0.2) is 4.79 Å². The summed E-state index contributed by atoms with van der Waals surface area (Å²) >= 11 is 0. The van der Waals surface area contributed by atoms with Gasteiger partial charge in [0.05, 0.1) is 0 Å². The maximum Gasteiger partial charge on any atom is 0.328 e. The molecule has 0 aliphatic carbocycles. The number of aliphatic carboxylic acids is 1. The standard InChI is InChI=1S/C14H21N3O3/c1-6-17(14(2,3)13(19)20)10-7-8-15-11(9-10)12(18)16(4)5/h7-9H,6H2,1-5H3,(H,19,20). The number of hydrogen-bond donors (Lipinski definition) is 1. The molecule has 1 rings (SSSR count). The molecule has 110 valence electrons. The van der Waals surface area contributed by atoms with E-state index in [0.717, 1.165) is 0 Å². The number of carbonyl (C=O) groups excluding carboxylic acids is 1. The van der Waals surface area contributed by atoms with Gasteiger partial charge in [0.1, 0.15) is 11.2 Å². The maximum atomic E-state index is 11.9. The minimum atomic E-state index is -1.06. The van der Waals surface area contributed by atoms with Gasteiger partial charge < -0.3 is 14.9 Å². The molecule has 0 fully saturated rings. The van der Waals surface area contributed by atoms with Gasteiger partial charge in [-0.3, -0.25) is 9.78 Å². The van der Waals surface area contributed by atoms with Crippen LogP contribution < -0.4 is 4.90 Å². The minimum Gasteiger partial charge on any atom is -0.480 e. The van der Waals surface area contributed by atoms with Crippen molar-refractivity contribution in [2.75, 3.05) is 25.5 Å². The van der Waals surface area contributed by atoms with Crippen molar-refractivity contribution in [3.8, 4) is 0 Å². The van der Waals surface area contributed by atoms with Gasteiger partial charge in [-0.05, 0) is 32.9 Å². The first-order chi connectivity index (χ1) is 9.21. The van der Waals surface area contributed by atoms with E-state index in [9.17, 15) is 14.7 Å². The third kappa shape index (κ3) is 3.07. The van der Waals surface area contributed by atoms with Crippen molar-refractivity contribution in [2.24, 2.45) is 0 Å². The number of hydrogen-bond acceptors (Lipinski definition) is 4. The Morgan fingerprint density at radius 3 is 2.40 bits per heavy atom. The summed E-state index contributed by atoms with van der Waals surface area (Å²) in [6.45, 7) is 5.65. The molecule has 1 amide bonds. The Labute approximate surface area is 119 Å². The Balaban J connectivity index is 3.21. The lowest BCUT2D eigenvalue weighted by Gasteiger charge is -2.36. The van der Waals surface area contributed by atoms with Gasteiger partial charge in [0.2, 0.25) is 0 Å². The van der Waals surface area contributed by atoms with E-state index >= 15 is 0 Å². The molecule has 0 atom stereocenters. The highest BCUT2D eigenvalue weighted by molar-refractivity contribution is 5.93. The Kier molecular flexibility index (Phi) is 4.70. The first-order valence-electron chi connectivity index (χ1n) is 6.40. The van der Waals surface area contributed by atoms with Crippen molar-refractivity contribution < 1.29 is 14.7 Å². The summed E-state index contributed by atoms with van der Waals surface area (Å²) in [5.74, 6) is -1.13. The molecule has 20 heavy (non-hydrogen) atoms. The van der Waals surface area contributed by atoms with Crippen LogP contribution in [0.15, 0.2) is 18.3 Å². The van der Waals surface area contributed by atoms with Crippen molar-refractivity contribution in [1.82, 2.24) is 9.88 Å². The van der Waals surface area contributed by atoms with Gasteiger partial charge >= 0.3 is 5.97 Å². The van der Waals surface area contributed by atoms with Crippen LogP contribution in [0.1, 0.15) is 31.3 Å². The maximum absolute atomic E-state index is 11.9. The number of carboxylic acid groups (broad SMARTS) is 1. The fraction of sp³-hybridized carbons (Fsp3) is 0.500. The molecule has 0 unspecified atom stereocenters. The Hall–Kier alpha value is -2.11. The Bertz CT molecular complexity index is 512. The van der Waals surface area contributed by atoms with Crippen LogP contribution in [-0.2, 0) is 4.79 Å². The zero-order valence-electron chi connectivity index (χ0n) is 12.5. The summed E-state index contributed by atoms with van der Waals surface area (Å²) in [6.07, 6.45) is 1.52. The summed E-state index contributed by atoms with van der Waals surface area (Å²) in [7, 11) is 3.30. The van der Waals surface area contributed by atoms with Crippen LogP contribution in [0.5, 0.6) is 0 Å². The molecular weight excluding hydrogens is 258 g/mol. The largest absolute Gasteiger partial charge is 0.480 e. The molecule has 0 aliphatic heterocycles. The van der Waals surface area contributed by atoms with E-state index in [4.69, 9.17) is 0 Å². The molecule has 0 saturated heterocycles. The molecule has 1 aromatic rings. The predicted octanol–water partition coefficient (Wildman–Crippen LogP) is 1.47. The number of aromatic nitrogens is 1. The Morgan fingerprint density at radius 2 is 1.95 bits per heavy atom. The summed E-state index contributed by atoms with van der Waals surface area (Å²) < 4.78 is 0. The van der Waals surface area contributed by atoms with Crippen LogP contribution >= 0.6 is 0 Å². The summed E-state index contributed by atoms with van der Waals surface area (Å²) in [6, 6.07) is 3.33. The molecule has 0 saturated carbocycles. The van der Waals surface area contributed by atoms with Crippen LogP contribution in [-0.4, -0.2) is 53.0 Å². The van der Waals surface area contributed by atoms with Gasteiger partial charge in [0.25, 0.3) is 5.91 Å². The lowest BCUT2D eigenvalue weighted by Crippen LogP contribution is -2.50. The molecule has 0 aliphatic rings. The zero-order chi connectivity index (χ0) is 15.5. The van der Waals surface area contributed by atoms with Gasteiger partial charge in [0.15, 0.2) is 0 Å². The topological polar surface area (TPSA) is 73.7 Å². The molecule has 1 N–H and O–H groups in total. The average molecular weight is 279 g/mol. The van der Waals surface area contributed by atoms with Gasteiger partial charge in [-0.1, -0.05) is 0 Å². The van der Waals surface area contributed by atoms with E-state index in [1.54, 1.807) is 45.0 Å². The van der Waals surface area contributed by atoms with Crippen LogP contribution in [0, 0.1) is 0 Å². The Morgan fingerprint density at radius 1 is 1.35 bits per heavy atom. The third-order valence-corrected chi connectivity index (χ3v) is 3.19. The molecule has 0 spiro atoms. The highest BCUT2D eigenvalue weighted by Crippen LogP contribution is 2.24. The predicted molar refractivity (Wildman–Crippen MR) is 77.0 cm³/mol. The molecule has 1 aromatic heterocycles. The van der Waals surface area contributed by atoms with Crippen LogP contribution in [0.4, 0.5) is 5.69 Å². The van der Waals surface area contributed by atoms with Gasteiger partial charge in [-0.2, -0.15) is 0 Å². The fourth-order valence-corrected chi connectivity index (χ4v) is 1.95. The number of carbonyl (C=O) groups is 2. The van der Waals surface area contributed by atoms with E-state index in [1.807, 2.05) is 6.92 Å². The van der Waals surface area contributed by atoms with Gasteiger partial charge in [-0.15, -0.1) is 0 Å². The first kappa shape index (κ1) is 15.9. The van der Waals surface area contributed by atoms with Crippen molar-refractivity contribution in [3.05, 3.63) is 24.0 Å². The highest BCUT2D eigenvalue weighted by Gasteiger charge is 2.34. The molecule has 0 bridgehead atoms. The molecule has 0 aromatic carbocycles. The number of nitrogens with zero attached hydrogens (tertiary/aromatic N) is 3. The first-order valence-corrected chi connectivity index (χ1v) is 6.40.